The molecule has 0 aromatic rings. The van der Waals surface area contributed by atoms with Crippen LogP contribution in [-0.2, 0) is 9.53 Å². The minimum absolute atomic E-state index is 0.0560. The summed E-state index contributed by atoms with van der Waals surface area (Å²) in [6.45, 7) is 4.66. The van der Waals surface area contributed by atoms with Gasteiger partial charge in [-0.25, -0.2) is 0 Å². The van der Waals surface area contributed by atoms with Gasteiger partial charge in [0.15, 0.2) is 0 Å². The maximum atomic E-state index is 11.0. The Hall–Kier alpha value is -0.610. The van der Waals surface area contributed by atoms with Gasteiger partial charge in [-0.3, -0.25) is 4.79 Å². The van der Waals surface area contributed by atoms with Crippen molar-refractivity contribution in [2.45, 2.75) is 25.9 Å². The van der Waals surface area contributed by atoms with Crippen LogP contribution >= 0.6 is 0 Å². The molecule has 0 spiro atoms. The molecule has 13 heavy (non-hydrogen) atoms. The third-order valence-corrected chi connectivity index (χ3v) is 2.06. The number of rotatable bonds is 5. The van der Waals surface area contributed by atoms with Crippen LogP contribution in [0.5, 0.6) is 0 Å². The maximum absolute atomic E-state index is 11.0. The molecular weight excluding hydrogens is 168 g/mol. The van der Waals surface area contributed by atoms with Crippen LogP contribution in [-0.4, -0.2) is 38.3 Å². The molecule has 2 N–H and O–H groups in total. The molecule has 1 amide bonds. The molecule has 76 valence electrons. The largest absolute Gasteiger partial charge is 0.377 e. The molecule has 1 saturated heterocycles. The lowest BCUT2D eigenvalue weighted by atomic mass is 10.2. The van der Waals surface area contributed by atoms with Gasteiger partial charge in [0.1, 0.15) is 0 Å². The number of hydrogen-bond donors (Lipinski definition) is 2. The Morgan fingerprint density at radius 2 is 2.46 bits per heavy atom. The minimum atomic E-state index is 0.0560. The normalized spacial score (nSPS) is 21.8. The highest BCUT2D eigenvalue weighted by Gasteiger charge is 2.14. The molecule has 1 aliphatic heterocycles. The number of carbonyl (C=O) groups is 1. The van der Waals surface area contributed by atoms with E-state index in [2.05, 4.69) is 10.6 Å². The molecule has 0 aromatic carbocycles. The maximum Gasteiger partial charge on any atom is 0.233 e. The Morgan fingerprint density at radius 1 is 1.62 bits per heavy atom. The van der Waals surface area contributed by atoms with Crippen LogP contribution in [0.1, 0.15) is 19.8 Å². The van der Waals surface area contributed by atoms with Gasteiger partial charge >= 0.3 is 0 Å². The van der Waals surface area contributed by atoms with E-state index in [-0.39, 0.29) is 5.91 Å². The highest BCUT2D eigenvalue weighted by Crippen LogP contribution is 2.10. The summed E-state index contributed by atoms with van der Waals surface area (Å²) in [6, 6.07) is 0. The van der Waals surface area contributed by atoms with E-state index in [1.165, 1.54) is 0 Å². The molecule has 1 fully saturated rings. The predicted molar refractivity (Wildman–Crippen MR) is 50.5 cm³/mol. The van der Waals surface area contributed by atoms with E-state index in [9.17, 15) is 4.79 Å². The first kappa shape index (κ1) is 10.5. The predicted octanol–water partition coefficient (Wildman–Crippen LogP) is -0.109. The summed E-state index contributed by atoms with van der Waals surface area (Å²) >= 11 is 0. The molecule has 4 heteroatoms. The van der Waals surface area contributed by atoms with Crippen molar-refractivity contribution < 1.29 is 9.53 Å². The fourth-order valence-electron chi connectivity index (χ4n) is 1.41. The van der Waals surface area contributed by atoms with Gasteiger partial charge in [-0.15, -0.1) is 0 Å². The van der Waals surface area contributed by atoms with Crippen LogP contribution in [0.25, 0.3) is 0 Å². The van der Waals surface area contributed by atoms with Gasteiger partial charge in [0.25, 0.3) is 0 Å². The fourth-order valence-corrected chi connectivity index (χ4v) is 1.41. The lowest BCUT2D eigenvalue weighted by molar-refractivity contribution is -0.120. The lowest BCUT2D eigenvalue weighted by Crippen LogP contribution is -2.37. The second kappa shape index (κ2) is 5.94. The molecule has 1 unspecified atom stereocenters. The van der Waals surface area contributed by atoms with Crippen molar-refractivity contribution in [1.29, 1.82) is 0 Å². The van der Waals surface area contributed by atoms with Gasteiger partial charge in [-0.05, 0) is 19.8 Å². The Morgan fingerprint density at radius 3 is 3.08 bits per heavy atom. The van der Waals surface area contributed by atoms with Crippen LogP contribution in [0.2, 0.25) is 0 Å². The average Bonchev–Trinajstić information content (AvgIpc) is 2.57. The molecule has 1 heterocycles. The number of carbonyl (C=O) groups excluding carboxylic acids is 1. The summed E-state index contributed by atoms with van der Waals surface area (Å²) in [5, 5.41) is 5.80. The van der Waals surface area contributed by atoms with Gasteiger partial charge in [-0.2, -0.15) is 0 Å². The molecule has 0 radical (unpaired) electrons. The second-order valence-electron chi connectivity index (χ2n) is 3.22. The Labute approximate surface area is 79.0 Å². The van der Waals surface area contributed by atoms with Crippen molar-refractivity contribution in [3.8, 4) is 0 Å². The third-order valence-electron chi connectivity index (χ3n) is 2.06. The van der Waals surface area contributed by atoms with E-state index >= 15 is 0 Å². The van der Waals surface area contributed by atoms with E-state index in [0.29, 0.717) is 19.2 Å². The van der Waals surface area contributed by atoms with E-state index in [1.54, 1.807) is 0 Å². The monoisotopic (exact) mass is 186 g/mol. The first-order valence-electron chi connectivity index (χ1n) is 4.92. The molecule has 1 rings (SSSR count). The van der Waals surface area contributed by atoms with Crippen molar-refractivity contribution in [3.63, 3.8) is 0 Å². The lowest BCUT2D eigenvalue weighted by Gasteiger charge is -2.09. The van der Waals surface area contributed by atoms with E-state index < -0.39 is 0 Å². The Balaban J connectivity index is 1.96. The zero-order valence-corrected chi connectivity index (χ0v) is 8.14. The van der Waals surface area contributed by atoms with Gasteiger partial charge in [0, 0.05) is 19.7 Å². The van der Waals surface area contributed by atoms with E-state index in [1.807, 2.05) is 6.92 Å². The first-order chi connectivity index (χ1) is 6.33. The van der Waals surface area contributed by atoms with Crippen LogP contribution in [0.3, 0.4) is 0 Å². The van der Waals surface area contributed by atoms with Crippen molar-refractivity contribution in [2.75, 3.05) is 26.2 Å². The summed E-state index contributed by atoms with van der Waals surface area (Å²) in [6.07, 6.45) is 2.57. The Kier molecular flexibility index (Phi) is 4.78. The third kappa shape index (κ3) is 4.24. The van der Waals surface area contributed by atoms with Crippen molar-refractivity contribution in [2.24, 2.45) is 0 Å². The van der Waals surface area contributed by atoms with Crippen LogP contribution in [0, 0.1) is 0 Å². The molecule has 0 saturated carbocycles. The summed E-state index contributed by atoms with van der Waals surface area (Å²) in [5.41, 5.74) is 0. The minimum Gasteiger partial charge on any atom is -0.377 e. The number of ether oxygens (including phenoxy) is 1. The van der Waals surface area contributed by atoms with Crippen molar-refractivity contribution in [3.05, 3.63) is 0 Å². The second-order valence-corrected chi connectivity index (χ2v) is 3.22. The van der Waals surface area contributed by atoms with Crippen LogP contribution < -0.4 is 10.6 Å². The van der Waals surface area contributed by atoms with E-state index in [4.69, 9.17) is 4.74 Å². The standard InChI is InChI=1S/C9H18N2O2/c1-2-11-9(12)7-10-6-8-4-3-5-13-8/h8,10H,2-7H2,1H3,(H,11,12). The topological polar surface area (TPSA) is 50.4 Å². The molecule has 0 aliphatic carbocycles. The van der Waals surface area contributed by atoms with E-state index in [0.717, 1.165) is 26.0 Å². The molecule has 4 nitrogen and oxygen atoms in total. The SMILES string of the molecule is CCNC(=O)CNCC1CCCO1. The van der Waals surface area contributed by atoms with Gasteiger partial charge in [0.2, 0.25) is 5.91 Å². The summed E-state index contributed by atoms with van der Waals surface area (Å²) in [5.74, 6) is 0.0560. The zero-order chi connectivity index (χ0) is 9.52. The molecule has 1 aliphatic rings. The number of likely N-dealkylation sites (N-methyl/N-ethyl adjacent to an activating group) is 1. The number of hydrogen-bond acceptors (Lipinski definition) is 3. The number of nitrogens with one attached hydrogen (secondary N) is 2. The molecule has 0 aromatic heterocycles. The smallest absolute Gasteiger partial charge is 0.233 e. The first-order valence-corrected chi connectivity index (χ1v) is 4.92. The quantitative estimate of drug-likeness (QED) is 0.630. The zero-order valence-electron chi connectivity index (χ0n) is 8.14. The van der Waals surface area contributed by atoms with Crippen LogP contribution in [0.4, 0.5) is 0 Å². The number of amides is 1. The summed E-state index contributed by atoms with van der Waals surface area (Å²) < 4.78 is 5.40. The van der Waals surface area contributed by atoms with Gasteiger partial charge < -0.3 is 15.4 Å². The van der Waals surface area contributed by atoms with Crippen LogP contribution in [0.15, 0.2) is 0 Å². The molecule has 0 bridgehead atoms. The fraction of sp³-hybridized carbons (Fsp3) is 0.889. The van der Waals surface area contributed by atoms with Crippen molar-refractivity contribution >= 4 is 5.91 Å². The highest BCUT2D eigenvalue weighted by atomic mass is 16.5. The Bertz CT molecular complexity index is 156. The summed E-state index contributed by atoms with van der Waals surface area (Å²) in [4.78, 5) is 11.0. The summed E-state index contributed by atoms with van der Waals surface area (Å²) in [7, 11) is 0. The average molecular weight is 186 g/mol. The van der Waals surface area contributed by atoms with Gasteiger partial charge in [0.05, 0.1) is 12.6 Å². The van der Waals surface area contributed by atoms with Gasteiger partial charge in [-0.1, -0.05) is 0 Å². The van der Waals surface area contributed by atoms with Crippen molar-refractivity contribution in [1.82, 2.24) is 10.6 Å². The molecular formula is C9H18N2O2. The molecule has 1 atom stereocenters. The highest BCUT2D eigenvalue weighted by molar-refractivity contribution is 5.77.